The molecule has 0 saturated carbocycles. The van der Waals surface area contributed by atoms with Crippen LogP contribution < -0.4 is 10.1 Å². The zero-order chi connectivity index (χ0) is 25.6. The second-order valence-electron chi connectivity index (χ2n) is 8.08. The van der Waals surface area contributed by atoms with Gasteiger partial charge in [-0.15, -0.1) is 0 Å². The van der Waals surface area contributed by atoms with Gasteiger partial charge in [0, 0.05) is 36.3 Å². The second-order valence-corrected chi connectivity index (χ2v) is 9.96. The molecule has 13 heteroatoms. The Morgan fingerprint density at radius 2 is 1.94 bits per heavy atom. The molecule has 4 aromatic rings. The lowest BCUT2D eigenvalue weighted by atomic mass is 10.0. The molecule has 0 saturated heterocycles. The summed E-state index contributed by atoms with van der Waals surface area (Å²) in [5.41, 5.74) is 3.21. The third-order valence-electron chi connectivity index (χ3n) is 5.58. The average molecular weight is 544 g/mol. The lowest BCUT2D eigenvalue weighted by Gasteiger charge is -2.14. The van der Waals surface area contributed by atoms with Gasteiger partial charge in [0.05, 0.1) is 47.6 Å². The van der Waals surface area contributed by atoms with Gasteiger partial charge in [0.1, 0.15) is 10.9 Å². The van der Waals surface area contributed by atoms with Crippen molar-refractivity contribution in [2.24, 2.45) is 7.05 Å². The van der Waals surface area contributed by atoms with E-state index in [1.807, 2.05) is 6.92 Å². The maximum atomic E-state index is 13.3. The maximum absolute atomic E-state index is 13.3. The van der Waals surface area contributed by atoms with E-state index in [0.717, 1.165) is 16.3 Å². The zero-order valence-corrected chi connectivity index (χ0v) is 21.7. The molecule has 1 aliphatic heterocycles. The summed E-state index contributed by atoms with van der Waals surface area (Å²) in [4.78, 5) is 41.5. The number of halogens is 2. The fourth-order valence-electron chi connectivity index (χ4n) is 3.91. The summed E-state index contributed by atoms with van der Waals surface area (Å²) >= 11 is 13.6. The number of hydrogen-bond donors (Lipinski definition) is 1. The van der Waals surface area contributed by atoms with Gasteiger partial charge in [-0.2, -0.15) is 5.10 Å². The van der Waals surface area contributed by atoms with Crippen LogP contribution in [0.4, 0.5) is 5.13 Å². The molecule has 36 heavy (non-hydrogen) atoms. The highest BCUT2D eigenvalue weighted by Gasteiger charge is 2.31. The van der Waals surface area contributed by atoms with E-state index >= 15 is 0 Å². The number of pyridine rings is 2. The molecule has 184 valence electrons. The number of amides is 2. The first-order valence-electron chi connectivity index (χ1n) is 10.7. The van der Waals surface area contributed by atoms with E-state index in [2.05, 4.69) is 25.4 Å². The molecule has 0 radical (unpaired) electrons. The van der Waals surface area contributed by atoms with E-state index < -0.39 is 0 Å². The summed E-state index contributed by atoms with van der Waals surface area (Å²) in [6, 6.07) is 3.43. The largest absolute Gasteiger partial charge is 0.494 e. The van der Waals surface area contributed by atoms with Crippen molar-refractivity contribution in [2.75, 3.05) is 12.4 Å². The molecule has 0 atom stereocenters. The number of aromatic nitrogens is 5. The molecule has 0 fully saturated rings. The number of carbonyl (C=O) groups excluding carboxylic acids is 2. The van der Waals surface area contributed by atoms with Crippen LogP contribution >= 0.6 is 34.5 Å². The van der Waals surface area contributed by atoms with Crippen LogP contribution in [0.5, 0.6) is 5.75 Å². The lowest BCUT2D eigenvalue weighted by Crippen LogP contribution is -2.26. The molecule has 5 rings (SSSR count). The van der Waals surface area contributed by atoms with E-state index in [1.54, 1.807) is 30.3 Å². The fourth-order valence-corrected chi connectivity index (χ4v) is 5.31. The SMILES string of the molecule is COc1cnc(Cl)cc1-c1cc(C)ncc1C(=O)Nc1nc2c(s1)CN(C(=O)c1nn(C)cc1Cl)C2. The van der Waals surface area contributed by atoms with Crippen molar-refractivity contribution in [3.05, 3.63) is 68.4 Å². The first kappa shape index (κ1) is 24.2. The van der Waals surface area contributed by atoms with Gasteiger partial charge >= 0.3 is 0 Å². The van der Waals surface area contributed by atoms with E-state index in [9.17, 15) is 9.59 Å². The molecule has 4 aromatic heterocycles. The highest BCUT2D eigenvalue weighted by Crippen LogP contribution is 2.36. The predicted molar refractivity (Wildman–Crippen MR) is 136 cm³/mol. The van der Waals surface area contributed by atoms with Gasteiger partial charge in [0.2, 0.25) is 0 Å². The molecular weight excluding hydrogens is 525 g/mol. The Labute approximate surface area is 219 Å². The van der Waals surface area contributed by atoms with Crippen LogP contribution in [0, 0.1) is 6.92 Å². The minimum Gasteiger partial charge on any atom is -0.494 e. The van der Waals surface area contributed by atoms with E-state index in [-0.39, 0.29) is 22.7 Å². The van der Waals surface area contributed by atoms with Crippen LogP contribution in [-0.2, 0) is 20.1 Å². The number of nitrogens with zero attached hydrogens (tertiary/aromatic N) is 6. The molecule has 0 spiro atoms. The van der Waals surface area contributed by atoms with Crippen LogP contribution in [-0.4, -0.2) is 48.6 Å². The number of hydrogen-bond acceptors (Lipinski definition) is 8. The summed E-state index contributed by atoms with van der Waals surface area (Å²) in [6.45, 7) is 2.49. The molecule has 0 aliphatic carbocycles. The van der Waals surface area contributed by atoms with Crippen LogP contribution in [0.3, 0.4) is 0 Å². The number of thiazole rings is 1. The molecule has 10 nitrogen and oxygen atoms in total. The summed E-state index contributed by atoms with van der Waals surface area (Å²) in [5.74, 6) is -0.171. The van der Waals surface area contributed by atoms with E-state index in [0.29, 0.717) is 45.7 Å². The van der Waals surface area contributed by atoms with Gasteiger partial charge in [0.15, 0.2) is 10.8 Å². The van der Waals surface area contributed by atoms with Gasteiger partial charge < -0.3 is 9.64 Å². The minimum atomic E-state index is -0.381. The Kier molecular flexibility index (Phi) is 6.37. The molecule has 1 N–H and O–H groups in total. The van der Waals surface area contributed by atoms with E-state index in [4.69, 9.17) is 27.9 Å². The van der Waals surface area contributed by atoms with Crippen molar-refractivity contribution in [2.45, 2.75) is 20.0 Å². The number of anilines is 1. The van der Waals surface area contributed by atoms with Crippen molar-refractivity contribution < 1.29 is 14.3 Å². The van der Waals surface area contributed by atoms with Gasteiger partial charge in [0.25, 0.3) is 11.8 Å². The first-order chi connectivity index (χ1) is 17.2. The van der Waals surface area contributed by atoms with Gasteiger partial charge in [-0.1, -0.05) is 34.5 Å². The fraction of sp³-hybridized carbons (Fsp3) is 0.217. The molecule has 0 bridgehead atoms. The first-order valence-corrected chi connectivity index (χ1v) is 12.3. The van der Waals surface area contributed by atoms with Gasteiger partial charge in [-0.3, -0.25) is 24.6 Å². The molecule has 0 unspecified atom stereocenters. The Morgan fingerprint density at radius 1 is 1.14 bits per heavy atom. The topological polar surface area (TPSA) is 115 Å². The molecule has 5 heterocycles. The second kappa shape index (κ2) is 9.49. The van der Waals surface area contributed by atoms with Gasteiger partial charge in [-0.25, -0.2) is 9.97 Å². The average Bonchev–Trinajstić information content (AvgIpc) is 3.50. The van der Waals surface area contributed by atoms with Crippen molar-refractivity contribution in [3.63, 3.8) is 0 Å². The maximum Gasteiger partial charge on any atom is 0.276 e. The Morgan fingerprint density at radius 3 is 2.64 bits per heavy atom. The highest BCUT2D eigenvalue weighted by molar-refractivity contribution is 7.16. The summed E-state index contributed by atoms with van der Waals surface area (Å²) in [7, 11) is 3.23. The number of methoxy groups -OCH3 is 1. The lowest BCUT2D eigenvalue weighted by molar-refractivity contribution is 0.0744. The highest BCUT2D eigenvalue weighted by atomic mass is 35.5. The van der Waals surface area contributed by atoms with Gasteiger partial charge in [-0.05, 0) is 19.1 Å². The van der Waals surface area contributed by atoms with Crippen molar-refractivity contribution in [1.29, 1.82) is 0 Å². The molecular formula is C23H19Cl2N7O3S. The minimum absolute atomic E-state index is 0.203. The number of nitrogens with one attached hydrogen (secondary N) is 1. The smallest absolute Gasteiger partial charge is 0.276 e. The number of rotatable bonds is 5. The Bertz CT molecular complexity index is 1490. The molecule has 1 aliphatic rings. The Balaban J connectivity index is 1.36. The number of carbonyl (C=O) groups is 2. The quantitative estimate of drug-likeness (QED) is 0.371. The summed E-state index contributed by atoms with van der Waals surface area (Å²) in [5, 5.41) is 8.00. The Hall–Kier alpha value is -3.54. The van der Waals surface area contributed by atoms with E-state index in [1.165, 1.54) is 35.5 Å². The summed E-state index contributed by atoms with van der Waals surface area (Å²) < 4.78 is 6.93. The van der Waals surface area contributed by atoms with Crippen molar-refractivity contribution in [3.8, 4) is 16.9 Å². The predicted octanol–water partition coefficient (Wildman–Crippen LogP) is 4.37. The number of ether oxygens (including phenoxy) is 1. The van der Waals surface area contributed by atoms with Crippen molar-refractivity contribution >= 4 is 51.5 Å². The monoisotopic (exact) mass is 543 g/mol. The summed E-state index contributed by atoms with van der Waals surface area (Å²) in [6.07, 6.45) is 4.59. The third kappa shape index (κ3) is 4.52. The standard InChI is InChI=1S/C23H19Cl2N7O3S/c1-11-4-12(13-5-19(25)27-7-17(13)35-3)14(6-26-11)21(33)29-23-28-16-9-32(10-18(16)36-23)22(34)20-15(24)8-31(2)30-20/h4-8H,9-10H2,1-3H3,(H,28,29,33). The third-order valence-corrected chi connectivity index (χ3v) is 7.06. The molecule has 0 aromatic carbocycles. The zero-order valence-electron chi connectivity index (χ0n) is 19.4. The number of aryl methyl sites for hydroxylation is 2. The van der Waals surface area contributed by atoms with Crippen molar-refractivity contribution in [1.82, 2.24) is 29.6 Å². The van der Waals surface area contributed by atoms with Crippen LogP contribution in [0.15, 0.2) is 30.7 Å². The number of fused-ring (bicyclic) bond motifs is 1. The molecule has 2 amide bonds. The van der Waals surface area contributed by atoms with Crippen LogP contribution in [0.25, 0.3) is 11.1 Å². The normalized spacial score (nSPS) is 12.5. The van der Waals surface area contributed by atoms with Crippen LogP contribution in [0.1, 0.15) is 37.1 Å². The van der Waals surface area contributed by atoms with Crippen LogP contribution in [0.2, 0.25) is 10.2 Å².